The Morgan fingerprint density at radius 3 is 2.47 bits per heavy atom. The van der Waals surface area contributed by atoms with Crippen molar-refractivity contribution in [3.63, 3.8) is 0 Å². The van der Waals surface area contributed by atoms with Crippen LogP contribution in [0.25, 0.3) is 0 Å². The van der Waals surface area contributed by atoms with Gasteiger partial charge in [0.25, 0.3) is 5.91 Å². The number of benzene rings is 3. The number of para-hydroxylation sites is 1. The Bertz CT molecular complexity index is 1070. The minimum atomic E-state index is -0.382. The molecule has 0 spiro atoms. The third-order valence-corrected chi connectivity index (χ3v) is 5.62. The monoisotopic (exact) mass is 550 g/mol. The summed E-state index contributed by atoms with van der Waals surface area (Å²) in [5, 5.41) is 4.66. The molecule has 154 valence electrons. The maximum atomic E-state index is 12.6. The summed E-state index contributed by atoms with van der Waals surface area (Å²) >= 11 is 13.0. The number of nitrogens with zero attached hydrogens (tertiary/aromatic N) is 1. The van der Waals surface area contributed by atoms with E-state index >= 15 is 0 Å². The lowest BCUT2D eigenvalue weighted by Gasteiger charge is -2.11. The van der Waals surface area contributed by atoms with Crippen LogP contribution in [0.5, 0.6) is 11.5 Å². The van der Waals surface area contributed by atoms with E-state index in [2.05, 4.69) is 42.4 Å². The number of hydrazone groups is 1. The van der Waals surface area contributed by atoms with Gasteiger partial charge in [-0.25, -0.2) is 5.43 Å². The zero-order valence-corrected chi connectivity index (χ0v) is 19.8. The van der Waals surface area contributed by atoms with Gasteiger partial charge in [-0.15, -0.1) is 0 Å². The number of hydrogen-bond donors (Lipinski definition) is 1. The molecule has 0 unspecified atom stereocenters. The summed E-state index contributed by atoms with van der Waals surface area (Å²) in [6.07, 6.45) is 1.54. The van der Waals surface area contributed by atoms with Crippen LogP contribution in [0.1, 0.15) is 21.5 Å². The predicted molar refractivity (Wildman–Crippen MR) is 126 cm³/mol. The second kappa shape index (κ2) is 10.6. The van der Waals surface area contributed by atoms with Gasteiger partial charge in [-0.1, -0.05) is 41.9 Å². The highest BCUT2D eigenvalue weighted by Crippen LogP contribution is 2.34. The average molecular weight is 553 g/mol. The molecule has 0 heterocycles. The van der Waals surface area contributed by atoms with Gasteiger partial charge in [-0.2, -0.15) is 5.10 Å². The largest absolute Gasteiger partial charge is 0.494 e. The Morgan fingerprint density at radius 1 is 1.10 bits per heavy atom. The molecule has 0 aromatic heterocycles. The number of carbonyl (C=O) groups excluding carboxylic acids is 1. The van der Waals surface area contributed by atoms with Crippen LogP contribution in [0.15, 0.2) is 74.7 Å². The standard InChI is InChI=1S/C22H17Br2ClN2O3/c1-29-21-17(23)10-14(11-18(21)24)12-26-27-22(28)16-7-3-5-9-20(16)30-13-15-6-2-4-8-19(15)25/h2-12H,13H2,1H3,(H,27,28)/b26-12+. The smallest absolute Gasteiger partial charge is 0.275 e. The minimum absolute atomic E-state index is 0.251. The van der Waals surface area contributed by atoms with Gasteiger partial charge in [-0.3, -0.25) is 4.79 Å². The quantitative estimate of drug-likeness (QED) is 0.280. The fourth-order valence-corrected chi connectivity index (χ4v) is 4.36. The van der Waals surface area contributed by atoms with Gasteiger partial charge < -0.3 is 9.47 Å². The molecule has 8 heteroatoms. The molecule has 0 fully saturated rings. The number of nitrogens with one attached hydrogen (secondary N) is 1. The Hall–Kier alpha value is -2.35. The molecule has 30 heavy (non-hydrogen) atoms. The van der Waals surface area contributed by atoms with E-state index in [0.29, 0.717) is 22.1 Å². The van der Waals surface area contributed by atoms with Gasteiger partial charge in [0, 0.05) is 10.6 Å². The third kappa shape index (κ3) is 5.62. The Balaban J connectivity index is 1.69. The van der Waals surface area contributed by atoms with Crippen LogP contribution < -0.4 is 14.9 Å². The molecular weight excluding hydrogens is 536 g/mol. The van der Waals surface area contributed by atoms with Gasteiger partial charge in [0.05, 0.1) is 27.8 Å². The van der Waals surface area contributed by atoms with Gasteiger partial charge in [-0.05, 0) is 67.8 Å². The van der Waals surface area contributed by atoms with Gasteiger partial charge in [0.1, 0.15) is 18.1 Å². The van der Waals surface area contributed by atoms with Crippen LogP contribution in [-0.4, -0.2) is 19.2 Å². The van der Waals surface area contributed by atoms with E-state index in [-0.39, 0.29) is 12.5 Å². The number of ether oxygens (including phenoxy) is 2. The van der Waals surface area contributed by atoms with Crippen LogP contribution >= 0.6 is 43.5 Å². The van der Waals surface area contributed by atoms with Gasteiger partial charge in [0.2, 0.25) is 0 Å². The first kappa shape index (κ1) is 22.3. The van der Waals surface area contributed by atoms with Crippen molar-refractivity contribution >= 4 is 55.6 Å². The first-order valence-electron chi connectivity index (χ1n) is 8.81. The van der Waals surface area contributed by atoms with Crippen molar-refractivity contribution in [2.24, 2.45) is 5.10 Å². The van der Waals surface area contributed by atoms with Crippen LogP contribution in [-0.2, 0) is 6.61 Å². The zero-order chi connectivity index (χ0) is 21.5. The van der Waals surface area contributed by atoms with E-state index < -0.39 is 0 Å². The Labute approximate surface area is 196 Å². The van der Waals surface area contributed by atoms with E-state index in [1.807, 2.05) is 30.3 Å². The highest BCUT2D eigenvalue weighted by molar-refractivity contribution is 9.11. The molecule has 0 aliphatic heterocycles. The molecule has 0 aliphatic rings. The molecule has 3 aromatic rings. The van der Waals surface area contributed by atoms with Crippen LogP contribution in [0.3, 0.4) is 0 Å². The van der Waals surface area contributed by atoms with Crippen molar-refractivity contribution in [2.45, 2.75) is 6.61 Å². The third-order valence-electron chi connectivity index (χ3n) is 4.08. The maximum Gasteiger partial charge on any atom is 0.275 e. The molecule has 0 saturated carbocycles. The van der Waals surface area contributed by atoms with Crippen LogP contribution in [0.2, 0.25) is 5.02 Å². The van der Waals surface area contributed by atoms with Crippen molar-refractivity contribution in [1.29, 1.82) is 0 Å². The van der Waals surface area contributed by atoms with Gasteiger partial charge >= 0.3 is 0 Å². The summed E-state index contributed by atoms with van der Waals surface area (Å²) in [5.74, 6) is 0.744. The van der Waals surface area contributed by atoms with Gasteiger partial charge in [0.15, 0.2) is 0 Å². The van der Waals surface area contributed by atoms with E-state index in [4.69, 9.17) is 21.1 Å². The number of hydrogen-bond acceptors (Lipinski definition) is 4. The minimum Gasteiger partial charge on any atom is -0.494 e. The highest BCUT2D eigenvalue weighted by Gasteiger charge is 2.12. The summed E-state index contributed by atoms with van der Waals surface area (Å²) in [7, 11) is 1.59. The summed E-state index contributed by atoms with van der Waals surface area (Å²) in [4.78, 5) is 12.6. The first-order valence-corrected chi connectivity index (χ1v) is 10.8. The number of methoxy groups -OCH3 is 1. The summed E-state index contributed by atoms with van der Waals surface area (Å²) in [6.45, 7) is 0.251. The number of carbonyl (C=O) groups is 1. The normalized spacial score (nSPS) is 10.8. The number of amides is 1. The lowest BCUT2D eigenvalue weighted by atomic mass is 10.2. The molecule has 1 N–H and O–H groups in total. The molecule has 0 atom stereocenters. The lowest BCUT2D eigenvalue weighted by Crippen LogP contribution is -2.18. The average Bonchev–Trinajstić information content (AvgIpc) is 2.73. The Morgan fingerprint density at radius 2 is 1.77 bits per heavy atom. The van der Waals surface area contributed by atoms with Crippen molar-refractivity contribution in [3.8, 4) is 11.5 Å². The second-order valence-electron chi connectivity index (χ2n) is 6.09. The highest BCUT2D eigenvalue weighted by atomic mass is 79.9. The van der Waals surface area contributed by atoms with Crippen molar-refractivity contribution in [1.82, 2.24) is 5.43 Å². The molecule has 0 saturated heterocycles. The molecule has 0 radical (unpaired) electrons. The topological polar surface area (TPSA) is 59.9 Å². The molecule has 0 bridgehead atoms. The fraction of sp³-hybridized carbons (Fsp3) is 0.0909. The van der Waals surface area contributed by atoms with Crippen molar-refractivity contribution in [2.75, 3.05) is 7.11 Å². The summed E-state index contributed by atoms with van der Waals surface area (Å²) in [5.41, 5.74) is 4.51. The SMILES string of the molecule is COc1c(Br)cc(/C=N/NC(=O)c2ccccc2OCc2ccccc2Cl)cc1Br. The fourth-order valence-electron chi connectivity index (χ4n) is 2.63. The molecule has 3 aromatic carbocycles. The predicted octanol–water partition coefficient (Wildman–Crippen LogP) is 6.22. The number of halogens is 3. The summed E-state index contributed by atoms with van der Waals surface area (Å²) in [6, 6.07) is 18.0. The second-order valence-corrected chi connectivity index (χ2v) is 8.21. The molecule has 0 aliphatic carbocycles. The molecule has 1 amide bonds. The van der Waals surface area contributed by atoms with E-state index in [1.54, 1.807) is 43.7 Å². The zero-order valence-electron chi connectivity index (χ0n) is 15.9. The molecular formula is C22H17Br2ClN2O3. The van der Waals surface area contributed by atoms with Crippen molar-refractivity contribution < 1.29 is 14.3 Å². The van der Waals surface area contributed by atoms with E-state index in [0.717, 1.165) is 20.1 Å². The molecule has 3 rings (SSSR count). The first-order chi connectivity index (χ1) is 14.5. The Kier molecular flexibility index (Phi) is 7.90. The van der Waals surface area contributed by atoms with Crippen LogP contribution in [0.4, 0.5) is 0 Å². The molecule has 5 nitrogen and oxygen atoms in total. The number of rotatable bonds is 7. The lowest BCUT2D eigenvalue weighted by molar-refractivity contribution is 0.0950. The summed E-state index contributed by atoms with van der Waals surface area (Å²) < 4.78 is 12.6. The van der Waals surface area contributed by atoms with Crippen molar-refractivity contribution in [3.05, 3.63) is 91.3 Å². The maximum absolute atomic E-state index is 12.6. The van der Waals surface area contributed by atoms with E-state index in [1.165, 1.54) is 0 Å². The van der Waals surface area contributed by atoms with E-state index in [9.17, 15) is 4.79 Å². The van der Waals surface area contributed by atoms with Crippen LogP contribution in [0, 0.1) is 0 Å².